The summed E-state index contributed by atoms with van der Waals surface area (Å²) in [4.78, 5) is 4.80. The van der Waals surface area contributed by atoms with Crippen molar-refractivity contribution < 1.29 is 0 Å². The SMILES string of the molecule is CC#Cc1cnn2c1N=C(C1CCCNC1)C=CC2N. The molecule has 2 aliphatic heterocycles. The van der Waals surface area contributed by atoms with Gasteiger partial charge < -0.3 is 11.1 Å². The molecule has 1 aromatic rings. The first-order valence-corrected chi connectivity index (χ1v) is 7.03. The number of hydrogen-bond donors (Lipinski definition) is 2. The third kappa shape index (κ3) is 2.40. The van der Waals surface area contributed by atoms with Gasteiger partial charge in [-0.15, -0.1) is 5.92 Å². The van der Waals surface area contributed by atoms with Crippen LogP contribution in [0, 0.1) is 17.8 Å². The summed E-state index contributed by atoms with van der Waals surface area (Å²) in [6, 6.07) is 0. The van der Waals surface area contributed by atoms with Crippen molar-refractivity contribution in [2.75, 3.05) is 13.1 Å². The fourth-order valence-corrected chi connectivity index (χ4v) is 2.68. The molecule has 0 spiro atoms. The van der Waals surface area contributed by atoms with Crippen LogP contribution in [0.5, 0.6) is 0 Å². The van der Waals surface area contributed by atoms with Crippen molar-refractivity contribution >= 4 is 11.5 Å². The first-order valence-electron chi connectivity index (χ1n) is 7.03. The first kappa shape index (κ1) is 13.1. The highest BCUT2D eigenvalue weighted by Crippen LogP contribution is 2.26. The predicted octanol–water partition coefficient (Wildman–Crippen LogP) is 1.35. The standard InChI is InChI=1S/C15H19N5/c1-2-4-12-10-18-20-14(16)7-6-13(19-15(12)20)11-5-3-8-17-9-11/h6-7,10-11,14,17H,3,5,8-9,16H2,1H3. The van der Waals surface area contributed by atoms with E-state index in [-0.39, 0.29) is 6.17 Å². The van der Waals surface area contributed by atoms with E-state index in [1.54, 1.807) is 10.9 Å². The van der Waals surface area contributed by atoms with Crippen molar-refractivity contribution in [3.05, 3.63) is 23.9 Å². The highest BCUT2D eigenvalue weighted by Gasteiger charge is 2.22. The highest BCUT2D eigenvalue weighted by atomic mass is 15.4. The fraction of sp³-hybridized carbons (Fsp3) is 0.467. The second-order valence-electron chi connectivity index (χ2n) is 5.13. The van der Waals surface area contributed by atoms with Crippen LogP contribution in [-0.4, -0.2) is 28.6 Å². The van der Waals surface area contributed by atoms with E-state index in [0.29, 0.717) is 5.92 Å². The number of allylic oxidation sites excluding steroid dienone is 1. The molecule has 0 aromatic carbocycles. The lowest BCUT2D eigenvalue weighted by Gasteiger charge is -2.22. The van der Waals surface area contributed by atoms with E-state index in [1.165, 1.54) is 6.42 Å². The molecule has 20 heavy (non-hydrogen) atoms. The summed E-state index contributed by atoms with van der Waals surface area (Å²) in [5.74, 6) is 7.17. The van der Waals surface area contributed by atoms with Crippen molar-refractivity contribution in [3.8, 4) is 11.8 Å². The van der Waals surface area contributed by atoms with E-state index < -0.39 is 0 Å². The van der Waals surface area contributed by atoms with Gasteiger partial charge in [-0.25, -0.2) is 9.67 Å². The topological polar surface area (TPSA) is 68.2 Å². The summed E-state index contributed by atoms with van der Waals surface area (Å²) in [5.41, 5.74) is 8.04. The summed E-state index contributed by atoms with van der Waals surface area (Å²) in [5, 5.41) is 7.74. The van der Waals surface area contributed by atoms with Gasteiger partial charge in [0.1, 0.15) is 6.17 Å². The fourth-order valence-electron chi connectivity index (χ4n) is 2.68. The molecule has 104 valence electrons. The van der Waals surface area contributed by atoms with Gasteiger partial charge in [0.05, 0.1) is 11.8 Å². The number of piperidine rings is 1. The van der Waals surface area contributed by atoms with Crippen molar-refractivity contribution in [1.29, 1.82) is 0 Å². The van der Waals surface area contributed by atoms with Gasteiger partial charge in [-0.2, -0.15) is 5.10 Å². The zero-order valence-corrected chi connectivity index (χ0v) is 11.6. The van der Waals surface area contributed by atoms with Crippen LogP contribution in [0.25, 0.3) is 0 Å². The Hall–Kier alpha value is -1.90. The second kappa shape index (κ2) is 5.61. The molecule has 1 saturated heterocycles. The first-order chi connectivity index (χ1) is 9.79. The molecule has 2 unspecified atom stereocenters. The molecule has 0 saturated carbocycles. The number of fused-ring (bicyclic) bond motifs is 1. The summed E-state index contributed by atoms with van der Waals surface area (Å²) in [7, 11) is 0. The molecule has 5 nitrogen and oxygen atoms in total. The van der Waals surface area contributed by atoms with Crippen LogP contribution in [0.1, 0.15) is 31.5 Å². The Labute approximate surface area is 119 Å². The molecule has 3 rings (SSSR count). The smallest absolute Gasteiger partial charge is 0.168 e. The normalized spacial score (nSPS) is 25.2. The molecule has 2 aliphatic rings. The molecule has 1 aromatic heterocycles. The Kier molecular flexibility index (Phi) is 3.68. The molecule has 5 heteroatoms. The third-order valence-electron chi connectivity index (χ3n) is 3.73. The Morgan fingerprint density at radius 1 is 1.50 bits per heavy atom. The van der Waals surface area contributed by atoms with Gasteiger partial charge in [0.15, 0.2) is 5.82 Å². The largest absolute Gasteiger partial charge is 0.316 e. The van der Waals surface area contributed by atoms with Gasteiger partial charge in [-0.1, -0.05) is 5.92 Å². The third-order valence-corrected chi connectivity index (χ3v) is 3.73. The average Bonchev–Trinajstić information content (AvgIpc) is 2.79. The van der Waals surface area contributed by atoms with Crippen LogP contribution in [0.4, 0.5) is 5.82 Å². The van der Waals surface area contributed by atoms with Crippen LogP contribution in [0.3, 0.4) is 0 Å². The monoisotopic (exact) mass is 269 g/mol. The van der Waals surface area contributed by atoms with E-state index in [1.807, 2.05) is 19.1 Å². The number of nitrogens with one attached hydrogen (secondary N) is 1. The van der Waals surface area contributed by atoms with Gasteiger partial charge in [-0.05, 0) is 38.5 Å². The van der Waals surface area contributed by atoms with Gasteiger partial charge in [0, 0.05) is 18.2 Å². The van der Waals surface area contributed by atoms with E-state index in [4.69, 9.17) is 10.7 Å². The zero-order valence-electron chi connectivity index (χ0n) is 11.6. The minimum absolute atomic E-state index is 0.282. The van der Waals surface area contributed by atoms with Crippen molar-refractivity contribution in [1.82, 2.24) is 15.1 Å². The van der Waals surface area contributed by atoms with E-state index in [9.17, 15) is 0 Å². The molecule has 0 radical (unpaired) electrons. The lowest BCUT2D eigenvalue weighted by Crippen LogP contribution is -2.33. The Bertz CT molecular complexity index is 608. The Morgan fingerprint density at radius 3 is 3.15 bits per heavy atom. The molecule has 0 amide bonds. The van der Waals surface area contributed by atoms with Crippen LogP contribution in [-0.2, 0) is 0 Å². The van der Waals surface area contributed by atoms with Gasteiger partial charge >= 0.3 is 0 Å². The number of hydrogen-bond acceptors (Lipinski definition) is 4. The second-order valence-corrected chi connectivity index (χ2v) is 5.13. The van der Waals surface area contributed by atoms with E-state index in [0.717, 1.165) is 36.6 Å². The predicted molar refractivity (Wildman–Crippen MR) is 79.8 cm³/mol. The zero-order chi connectivity index (χ0) is 13.9. The summed E-state index contributed by atoms with van der Waals surface area (Å²) >= 11 is 0. The Morgan fingerprint density at radius 2 is 2.40 bits per heavy atom. The molecule has 0 aliphatic carbocycles. The molecular formula is C15H19N5. The van der Waals surface area contributed by atoms with Crippen molar-refractivity contribution in [3.63, 3.8) is 0 Å². The maximum Gasteiger partial charge on any atom is 0.168 e. The van der Waals surface area contributed by atoms with Crippen LogP contribution in [0.15, 0.2) is 23.3 Å². The van der Waals surface area contributed by atoms with E-state index in [2.05, 4.69) is 22.3 Å². The maximum atomic E-state index is 6.12. The molecular weight excluding hydrogens is 250 g/mol. The maximum absolute atomic E-state index is 6.12. The lowest BCUT2D eigenvalue weighted by molar-refractivity contribution is 0.459. The minimum atomic E-state index is -0.282. The van der Waals surface area contributed by atoms with Crippen molar-refractivity contribution in [2.24, 2.45) is 16.6 Å². The molecule has 0 bridgehead atoms. The molecule has 1 fully saturated rings. The van der Waals surface area contributed by atoms with Gasteiger partial charge in [0.25, 0.3) is 0 Å². The number of nitrogens with two attached hydrogens (primary N) is 1. The summed E-state index contributed by atoms with van der Waals surface area (Å²) < 4.78 is 1.74. The average molecular weight is 269 g/mol. The van der Waals surface area contributed by atoms with Crippen molar-refractivity contribution in [2.45, 2.75) is 25.9 Å². The van der Waals surface area contributed by atoms with Crippen LogP contribution in [0.2, 0.25) is 0 Å². The summed E-state index contributed by atoms with van der Waals surface area (Å²) in [6.45, 7) is 3.88. The number of aliphatic imine (C=N–C) groups is 1. The van der Waals surface area contributed by atoms with Crippen LogP contribution < -0.4 is 11.1 Å². The van der Waals surface area contributed by atoms with E-state index >= 15 is 0 Å². The lowest BCUT2D eigenvalue weighted by atomic mass is 9.94. The minimum Gasteiger partial charge on any atom is -0.316 e. The number of aromatic nitrogens is 2. The molecule has 3 heterocycles. The Balaban J connectivity index is 2.02. The quantitative estimate of drug-likeness (QED) is 0.756. The highest BCUT2D eigenvalue weighted by molar-refractivity contribution is 5.99. The molecule has 3 N–H and O–H groups in total. The van der Waals surface area contributed by atoms with Crippen LogP contribution >= 0.6 is 0 Å². The number of rotatable bonds is 1. The van der Waals surface area contributed by atoms with Gasteiger partial charge in [-0.3, -0.25) is 0 Å². The molecule has 2 atom stereocenters. The number of nitrogens with zero attached hydrogens (tertiary/aromatic N) is 3. The summed E-state index contributed by atoms with van der Waals surface area (Å²) in [6.07, 6.45) is 7.81. The van der Waals surface area contributed by atoms with Gasteiger partial charge in [0.2, 0.25) is 0 Å².